The largest absolute Gasteiger partial charge is 0.377 e. The second-order valence-corrected chi connectivity index (χ2v) is 11.2. The normalized spacial score (nSPS) is 21.1. The molecular formula is C22H29N5O4S. The number of urea groups is 1. The smallest absolute Gasteiger partial charge is 0.319 e. The molecule has 0 bridgehead atoms. The Morgan fingerprint density at radius 1 is 1.25 bits per heavy atom. The van der Waals surface area contributed by atoms with Gasteiger partial charge >= 0.3 is 6.03 Å². The van der Waals surface area contributed by atoms with Crippen LogP contribution in [0.5, 0.6) is 0 Å². The van der Waals surface area contributed by atoms with Gasteiger partial charge < -0.3 is 20.3 Å². The first-order valence-electron chi connectivity index (χ1n) is 10.8. The second-order valence-electron chi connectivity index (χ2n) is 8.65. The molecule has 2 N–H and O–H groups in total. The lowest BCUT2D eigenvalue weighted by Gasteiger charge is -2.35. The summed E-state index contributed by atoms with van der Waals surface area (Å²) in [4.78, 5) is 23.4. The first kappa shape index (κ1) is 22.5. The predicted octanol–water partition coefficient (Wildman–Crippen LogP) is 2.67. The van der Waals surface area contributed by atoms with Crippen LogP contribution in [-0.2, 0) is 25.1 Å². The number of amides is 2. The van der Waals surface area contributed by atoms with Crippen LogP contribution in [0.25, 0.3) is 11.4 Å². The molecule has 9 nitrogen and oxygen atoms in total. The fourth-order valence-corrected chi connectivity index (χ4v) is 5.54. The van der Waals surface area contributed by atoms with E-state index in [1.54, 1.807) is 26.0 Å². The van der Waals surface area contributed by atoms with Crippen molar-refractivity contribution in [3.8, 4) is 11.4 Å². The number of sulfone groups is 1. The summed E-state index contributed by atoms with van der Waals surface area (Å²) in [5, 5.41) is 5.45. The Hall–Kier alpha value is -2.72. The Bertz CT molecular complexity index is 1130. The summed E-state index contributed by atoms with van der Waals surface area (Å²) in [5.41, 5.74) is 2.63. The van der Waals surface area contributed by atoms with Crippen LogP contribution in [0.4, 0.5) is 16.3 Å². The summed E-state index contributed by atoms with van der Waals surface area (Å²) in [7, 11) is -3.40. The van der Waals surface area contributed by atoms with Crippen LogP contribution in [0.1, 0.15) is 39.0 Å². The summed E-state index contributed by atoms with van der Waals surface area (Å²) < 4.78 is 30.4. The molecule has 0 spiro atoms. The van der Waals surface area contributed by atoms with Crippen LogP contribution in [0.3, 0.4) is 0 Å². The molecule has 0 saturated carbocycles. The van der Waals surface area contributed by atoms with Gasteiger partial charge in [0.25, 0.3) is 0 Å². The third-order valence-electron chi connectivity index (χ3n) is 6.05. The highest BCUT2D eigenvalue weighted by atomic mass is 32.2. The number of anilines is 2. The second kappa shape index (κ2) is 8.32. The fraction of sp³-hybridized carbons (Fsp3) is 0.500. The third kappa shape index (κ3) is 3.93. The van der Waals surface area contributed by atoms with Gasteiger partial charge in [-0.05, 0) is 52.0 Å². The van der Waals surface area contributed by atoms with E-state index in [9.17, 15) is 13.2 Å². The van der Waals surface area contributed by atoms with E-state index in [1.165, 1.54) is 0 Å². The molecule has 1 fully saturated rings. The van der Waals surface area contributed by atoms with Crippen LogP contribution in [-0.4, -0.2) is 56.8 Å². The zero-order valence-corrected chi connectivity index (χ0v) is 19.6. The first-order valence-corrected chi connectivity index (χ1v) is 12.4. The summed E-state index contributed by atoms with van der Waals surface area (Å²) in [6, 6.07) is 7.01. The number of nitrogens with one attached hydrogen (secondary N) is 2. The SMILES string of the molecule is CCNC(=O)Nc1ccc(-c2nc(N3CCOC[C@H]3C)c3c(n2)C(C)(C)S(=O)(=O)C3)cc1. The van der Waals surface area contributed by atoms with E-state index in [-0.39, 0.29) is 17.8 Å². The number of ether oxygens (including phenoxy) is 1. The van der Waals surface area contributed by atoms with Gasteiger partial charge in [0.15, 0.2) is 15.7 Å². The van der Waals surface area contributed by atoms with Gasteiger partial charge in [-0.1, -0.05) is 0 Å². The molecule has 2 aliphatic rings. The number of benzene rings is 1. The van der Waals surface area contributed by atoms with Crippen LogP contribution >= 0.6 is 0 Å². The Morgan fingerprint density at radius 3 is 2.62 bits per heavy atom. The van der Waals surface area contributed by atoms with E-state index in [0.29, 0.717) is 54.9 Å². The van der Waals surface area contributed by atoms with Gasteiger partial charge in [-0.3, -0.25) is 0 Å². The Kier molecular flexibility index (Phi) is 5.85. The fourth-order valence-electron chi connectivity index (χ4n) is 4.07. The lowest BCUT2D eigenvalue weighted by molar-refractivity contribution is 0.0984. The monoisotopic (exact) mass is 459 g/mol. The van der Waals surface area contributed by atoms with Gasteiger partial charge in [0.1, 0.15) is 10.6 Å². The van der Waals surface area contributed by atoms with E-state index in [1.807, 2.05) is 26.0 Å². The Labute approximate surface area is 188 Å². The van der Waals surface area contributed by atoms with Gasteiger partial charge in [-0.2, -0.15) is 0 Å². The van der Waals surface area contributed by atoms with E-state index in [0.717, 1.165) is 5.56 Å². The Balaban J connectivity index is 1.77. The molecule has 32 heavy (non-hydrogen) atoms. The molecule has 2 aromatic rings. The summed E-state index contributed by atoms with van der Waals surface area (Å²) in [6.07, 6.45) is 0. The molecule has 1 aromatic carbocycles. The molecule has 2 aliphatic heterocycles. The van der Waals surface area contributed by atoms with Gasteiger partial charge in [0, 0.05) is 29.9 Å². The first-order chi connectivity index (χ1) is 15.1. The summed E-state index contributed by atoms with van der Waals surface area (Å²) in [6.45, 7) is 9.60. The number of morpholine rings is 1. The third-order valence-corrected chi connectivity index (χ3v) is 8.46. The lowest BCUT2D eigenvalue weighted by atomic mass is 10.0. The number of fused-ring (bicyclic) bond motifs is 1. The highest BCUT2D eigenvalue weighted by Crippen LogP contribution is 2.44. The number of rotatable bonds is 4. The lowest BCUT2D eigenvalue weighted by Crippen LogP contribution is -2.44. The minimum Gasteiger partial charge on any atom is -0.377 e. The van der Waals surface area contributed by atoms with Crippen LogP contribution in [0, 0.1) is 0 Å². The maximum absolute atomic E-state index is 12.9. The molecule has 1 aromatic heterocycles. The zero-order valence-electron chi connectivity index (χ0n) is 18.8. The predicted molar refractivity (Wildman–Crippen MR) is 123 cm³/mol. The summed E-state index contributed by atoms with van der Waals surface area (Å²) >= 11 is 0. The minimum absolute atomic E-state index is 0.0651. The van der Waals surface area contributed by atoms with Gasteiger partial charge in [0.05, 0.1) is 30.7 Å². The standard InChI is InChI=1S/C22H29N5O4S/c1-5-23-21(28)24-16-8-6-15(7-9-16)19-25-18-17(13-32(29,30)22(18,3)4)20(26-19)27-10-11-31-12-14(27)2/h6-9,14H,5,10-13H2,1-4H3,(H2,23,24,28)/t14-/m1/s1. The highest BCUT2D eigenvalue weighted by Gasteiger charge is 2.48. The molecule has 0 radical (unpaired) electrons. The minimum atomic E-state index is -3.40. The van der Waals surface area contributed by atoms with Gasteiger partial charge in [-0.25, -0.2) is 23.2 Å². The van der Waals surface area contributed by atoms with Crippen molar-refractivity contribution >= 4 is 27.4 Å². The molecule has 2 amide bonds. The van der Waals surface area contributed by atoms with E-state index in [4.69, 9.17) is 14.7 Å². The molecule has 0 aliphatic carbocycles. The average Bonchev–Trinajstić information content (AvgIpc) is 2.93. The average molecular weight is 460 g/mol. The molecule has 1 saturated heterocycles. The van der Waals surface area contributed by atoms with Crippen molar-refractivity contribution < 1.29 is 17.9 Å². The van der Waals surface area contributed by atoms with Crippen molar-refractivity contribution in [1.29, 1.82) is 0 Å². The van der Waals surface area contributed by atoms with Crippen molar-refractivity contribution in [3.05, 3.63) is 35.5 Å². The number of hydrogen-bond acceptors (Lipinski definition) is 7. The number of nitrogens with zero attached hydrogens (tertiary/aromatic N) is 3. The maximum atomic E-state index is 12.9. The van der Waals surface area contributed by atoms with Crippen molar-refractivity contribution in [2.45, 2.75) is 44.2 Å². The molecule has 10 heteroatoms. The number of hydrogen-bond donors (Lipinski definition) is 2. The van der Waals surface area contributed by atoms with Gasteiger partial charge in [-0.15, -0.1) is 0 Å². The quantitative estimate of drug-likeness (QED) is 0.723. The zero-order chi connectivity index (χ0) is 23.1. The molecule has 3 heterocycles. The molecule has 172 valence electrons. The molecule has 0 unspecified atom stereocenters. The number of aromatic nitrogens is 2. The van der Waals surface area contributed by atoms with Crippen molar-refractivity contribution in [1.82, 2.24) is 15.3 Å². The summed E-state index contributed by atoms with van der Waals surface area (Å²) in [5.74, 6) is 1.07. The Morgan fingerprint density at radius 2 is 1.97 bits per heavy atom. The van der Waals surface area contributed by atoms with Crippen molar-refractivity contribution in [2.24, 2.45) is 0 Å². The molecular weight excluding hydrogens is 430 g/mol. The number of carbonyl (C=O) groups is 1. The van der Waals surface area contributed by atoms with Crippen LogP contribution < -0.4 is 15.5 Å². The highest BCUT2D eigenvalue weighted by molar-refractivity contribution is 7.91. The van der Waals surface area contributed by atoms with E-state index < -0.39 is 14.6 Å². The molecule has 4 rings (SSSR count). The van der Waals surface area contributed by atoms with Crippen molar-refractivity contribution in [2.75, 3.05) is 36.5 Å². The van der Waals surface area contributed by atoms with Crippen molar-refractivity contribution in [3.63, 3.8) is 0 Å². The topological polar surface area (TPSA) is 114 Å². The van der Waals surface area contributed by atoms with Crippen LogP contribution in [0.2, 0.25) is 0 Å². The van der Waals surface area contributed by atoms with Gasteiger partial charge in [0.2, 0.25) is 0 Å². The van der Waals surface area contributed by atoms with E-state index in [2.05, 4.69) is 15.5 Å². The maximum Gasteiger partial charge on any atom is 0.319 e. The molecule has 1 atom stereocenters. The van der Waals surface area contributed by atoms with Crippen LogP contribution in [0.15, 0.2) is 24.3 Å². The number of carbonyl (C=O) groups excluding carboxylic acids is 1. The van der Waals surface area contributed by atoms with E-state index >= 15 is 0 Å².